The highest BCUT2D eigenvalue weighted by Gasteiger charge is 2.30. The molecule has 2 rings (SSSR count). The molecule has 0 atom stereocenters. The number of halogens is 1. The second kappa shape index (κ2) is 9.11. The lowest BCUT2D eigenvalue weighted by atomic mass is 10.2. The Morgan fingerprint density at radius 1 is 1.11 bits per heavy atom. The van der Waals surface area contributed by atoms with Crippen molar-refractivity contribution in [3.05, 3.63) is 29.3 Å². The van der Waals surface area contributed by atoms with Gasteiger partial charge < -0.3 is 15.0 Å². The zero-order chi connectivity index (χ0) is 20.9. The molecule has 10 heteroatoms. The van der Waals surface area contributed by atoms with Crippen molar-refractivity contribution in [2.45, 2.75) is 37.7 Å². The molecule has 1 saturated heterocycles. The number of rotatable bonds is 5. The number of carbonyl (C=O) groups is 2. The molecule has 2 amide bonds. The first-order chi connectivity index (χ1) is 13.0. The highest BCUT2D eigenvalue weighted by molar-refractivity contribution is 7.89. The van der Waals surface area contributed by atoms with Crippen molar-refractivity contribution < 1.29 is 22.7 Å². The number of benzene rings is 1. The first kappa shape index (κ1) is 22.4. The Kier molecular flexibility index (Phi) is 7.30. The van der Waals surface area contributed by atoms with E-state index in [2.05, 4.69) is 5.32 Å². The number of carbonyl (C=O) groups excluding carboxylic acids is 2. The lowest BCUT2D eigenvalue weighted by molar-refractivity contribution is -0.132. The van der Waals surface area contributed by atoms with Crippen molar-refractivity contribution in [2.24, 2.45) is 0 Å². The Morgan fingerprint density at radius 2 is 1.68 bits per heavy atom. The fourth-order valence-corrected chi connectivity index (χ4v) is 4.23. The molecule has 0 spiro atoms. The fourth-order valence-electron chi connectivity index (χ4n) is 2.68. The molecule has 8 nitrogen and oxygen atoms in total. The highest BCUT2D eigenvalue weighted by atomic mass is 35.5. The zero-order valence-electron chi connectivity index (χ0n) is 16.3. The van der Waals surface area contributed by atoms with Crippen molar-refractivity contribution >= 4 is 33.6 Å². The Bertz CT molecular complexity index is 798. The maximum Gasteiger partial charge on any atom is 0.407 e. The maximum atomic E-state index is 12.7. The summed E-state index contributed by atoms with van der Waals surface area (Å²) >= 11 is 5.81. The molecule has 0 aliphatic carbocycles. The second-order valence-electron chi connectivity index (χ2n) is 7.42. The van der Waals surface area contributed by atoms with Gasteiger partial charge >= 0.3 is 6.09 Å². The number of nitrogens with one attached hydrogen (secondary N) is 1. The van der Waals surface area contributed by atoms with Crippen LogP contribution in [0.4, 0.5) is 4.79 Å². The Labute approximate surface area is 170 Å². The fraction of sp³-hybridized carbons (Fsp3) is 0.556. The molecule has 1 aromatic carbocycles. The predicted octanol–water partition coefficient (Wildman–Crippen LogP) is 2.09. The Hall–Kier alpha value is -1.84. The van der Waals surface area contributed by atoms with Gasteiger partial charge in [0.2, 0.25) is 15.9 Å². The maximum absolute atomic E-state index is 12.7. The van der Waals surface area contributed by atoms with Gasteiger partial charge in [-0.3, -0.25) is 4.79 Å². The molecule has 1 aliphatic heterocycles. The topological polar surface area (TPSA) is 96.0 Å². The molecule has 1 N–H and O–H groups in total. The van der Waals surface area contributed by atoms with E-state index in [1.54, 1.807) is 25.7 Å². The first-order valence-corrected chi connectivity index (χ1v) is 10.8. The minimum Gasteiger partial charge on any atom is -0.444 e. The van der Waals surface area contributed by atoms with E-state index in [9.17, 15) is 18.0 Å². The van der Waals surface area contributed by atoms with E-state index in [0.29, 0.717) is 18.1 Å². The van der Waals surface area contributed by atoms with Crippen LogP contribution in [0.25, 0.3) is 0 Å². The molecule has 0 saturated carbocycles. The quantitative estimate of drug-likeness (QED) is 0.770. The summed E-state index contributed by atoms with van der Waals surface area (Å²) < 4.78 is 31.8. The number of amides is 2. The van der Waals surface area contributed by atoms with E-state index in [1.165, 1.54) is 28.6 Å². The molecule has 1 fully saturated rings. The minimum absolute atomic E-state index is 0.128. The SMILES string of the molecule is CC(C)(C)OC(=O)NCCC(=O)N1CCN(S(=O)(=O)c2ccc(Cl)cc2)CC1. The van der Waals surface area contributed by atoms with E-state index in [-0.39, 0.29) is 36.9 Å². The molecule has 1 aromatic rings. The predicted molar refractivity (Wildman–Crippen MR) is 106 cm³/mol. The molecular weight excluding hydrogens is 406 g/mol. The summed E-state index contributed by atoms with van der Waals surface area (Å²) in [5.74, 6) is -0.139. The van der Waals surface area contributed by atoms with Crippen molar-refractivity contribution in [3.63, 3.8) is 0 Å². The van der Waals surface area contributed by atoms with Gasteiger partial charge in [-0.25, -0.2) is 13.2 Å². The number of alkyl carbamates (subject to hydrolysis) is 1. The van der Waals surface area contributed by atoms with E-state index in [4.69, 9.17) is 16.3 Å². The summed E-state index contributed by atoms with van der Waals surface area (Å²) in [4.78, 5) is 25.6. The molecule has 0 aromatic heterocycles. The first-order valence-electron chi connectivity index (χ1n) is 8.99. The Balaban J connectivity index is 1.80. The Morgan fingerprint density at radius 3 is 2.21 bits per heavy atom. The van der Waals surface area contributed by atoms with Crippen molar-refractivity contribution in [2.75, 3.05) is 32.7 Å². The van der Waals surface area contributed by atoms with Gasteiger partial charge in [0.25, 0.3) is 0 Å². The monoisotopic (exact) mass is 431 g/mol. The van der Waals surface area contributed by atoms with Gasteiger partial charge in [0.15, 0.2) is 0 Å². The van der Waals surface area contributed by atoms with Crippen molar-refractivity contribution in [1.82, 2.24) is 14.5 Å². The van der Waals surface area contributed by atoms with Crippen LogP contribution in [0.3, 0.4) is 0 Å². The third-order valence-electron chi connectivity index (χ3n) is 4.05. The minimum atomic E-state index is -3.61. The van der Waals surface area contributed by atoms with Crippen LogP contribution in [0.5, 0.6) is 0 Å². The highest BCUT2D eigenvalue weighted by Crippen LogP contribution is 2.20. The van der Waals surface area contributed by atoms with Crippen LogP contribution in [0.2, 0.25) is 5.02 Å². The number of nitrogens with zero attached hydrogens (tertiary/aromatic N) is 2. The van der Waals surface area contributed by atoms with Gasteiger partial charge in [0, 0.05) is 44.2 Å². The second-order valence-corrected chi connectivity index (χ2v) is 9.79. The van der Waals surface area contributed by atoms with E-state index in [0.717, 1.165) is 0 Å². The van der Waals surface area contributed by atoms with Crippen LogP contribution in [0.1, 0.15) is 27.2 Å². The number of piperazine rings is 1. The number of hydrogen-bond donors (Lipinski definition) is 1. The van der Waals surface area contributed by atoms with Crippen LogP contribution in [0, 0.1) is 0 Å². The molecule has 0 radical (unpaired) electrons. The third kappa shape index (κ3) is 6.35. The van der Waals surface area contributed by atoms with E-state index < -0.39 is 21.7 Å². The summed E-state index contributed by atoms with van der Waals surface area (Å²) in [6, 6.07) is 6.01. The number of hydrogen-bond acceptors (Lipinski definition) is 5. The van der Waals surface area contributed by atoms with Crippen LogP contribution < -0.4 is 5.32 Å². The van der Waals surface area contributed by atoms with Gasteiger partial charge in [-0.15, -0.1) is 0 Å². The number of sulfonamides is 1. The van der Waals surface area contributed by atoms with Gasteiger partial charge in [0.1, 0.15) is 5.60 Å². The van der Waals surface area contributed by atoms with Gasteiger partial charge in [-0.1, -0.05) is 11.6 Å². The molecule has 0 unspecified atom stereocenters. The third-order valence-corrected chi connectivity index (χ3v) is 6.21. The summed E-state index contributed by atoms with van der Waals surface area (Å²) in [7, 11) is -3.61. The molecule has 28 heavy (non-hydrogen) atoms. The number of ether oxygens (including phenoxy) is 1. The summed E-state index contributed by atoms with van der Waals surface area (Å²) in [6.45, 7) is 6.49. The summed E-state index contributed by atoms with van der Waals surface area (Å²) in [5, 5.41) is 3.01. The lowest BCUT2D eigenvalue weighted by Crippen LogP contribution is -2.50. The zero-order valence-corrected chi connectivity index (χ0v) is 17.8. The molecule has 1 heterocycles. The molecule has 156 valence electrons. The van der Waals surface area contributed by atoms with Crippen molar-refractivity contribution in [1.29, 1.82) is 0 Å². The average Bonchev–Trinajstić information content (AvgIpc) is 2.60. The van der Waals surface area contributed by atoms with Gasteiger partial charge in [0.05, 0.1) is 4.90 Å². The lowest BCUT2D eigenvalue weighted by Gasteiger charge is -2.34. The molecular formula is C18H26ClN3O5S. The summed E-state index contributed by atoms with van der Waals surface area (Å²) in [5.41, 5.74) is -0.597. The van der Waals surface area contributed by atoms with Gasteiger partial charge in [-0.05, 0) is 45.0 Å². The van der Waals surface area contributed by atoms with Crippen LogP contribution in [-0.2, 0) is 19.6 Å². The molecule has 0 bridgehead atoms. The summed E-state index contributed by atoms with van der Waals surface area (Å²) in [6.07, 6.45) is -0.442. The normalized spacial score (nSPS) is 15.9. The van der Waals surface area contributed by atoms with E-state index in [1.807, 2.05) is 0 Å². The smallest absolute Gasteiger partial charge is 0.407 e. The van der Waals surface area contributed by atoms with Crippen LogP contribution in [-0.4, -0.2) is 67.9 Å². The van der Waals surface area contributed by atoms with Gasteiger partial charge in [-0.2, -0.15) is 4.31 Å². The standard InChI is InChI=1S/C18H26ClN3O5S/c1-18(2,3)27-17(24)20-9-8-16(23)21-10-12-22(13-11-21)28(25,26)15-6-4-14(19)5-7-15/h4-7H,8-13H2,1-3H3,(H,20,24). The van der Waals surface area contributed by atoms with Crippen LogP contribution in [0.15, 0.2) is 29.2 Å². The van der Waals surface area contributed by atoms with E-state index >= 15 is 0 Å². The molecule has 1 aliphatic rings. The largest absolute Gasteiger partial charge is 0.444 e. The van der Waals surface area contributed by atoms with Crippen LogP contribution >= 0.6 is 11.6 Å². The average molecular weight is 432 g/mol. The van der Waals surface area contributed by atoms with Crippen molar-refractivity contribution in [3.8, 4) is 0 Å².